The Morgan fingerprint density at radius 3 is 2.84 bits per heavy atom. The molecular formula is C20H24F3IN6S. The molecule has 1 aromatic carbocycles. The van der Waals surface area contributed by atoms with Crippen molar-refractivity contribution in [2.24, 2.45) is 4.99 Å². The number of rotatable bonds is 5. The van der Waals surface area contributed by atoms with Crippen LogP contribution in [0.15, 0.2) is 34.6 Å². The number of hydrogen-bond donors (Lipinski definition) is 2. The van der Waals surface area contributed by atoms with Crippen LogP contribution in [0.1, 0.15) is 29.1 Å². The van der Waals surface area contributed by atoms with Gasteiger partial charge in [0.1, 0.15) is 6.07 Å². The van der Waals surface area contributed by atoms with E-state index in [1.54, 1.807) is 7.05 Å². The molecule has 1 aromatic heterocycles. The first-order chi connectivity index (χ1) is 14.4. The quantitative estimate of drug-likeness (QED) is 0.326. The van der Waals surface area contributed by atoms with Gasteiger partial charge in [-0.15, -0.1) is 35.3 Å². The minimum atomic E-state index is -4.41. The first-order valence-electron chi connectivity index (χ1n) is 9.63. The second-order valence-electron chi connectivity index (χ2n) is 6.93. The maximum absolute atomic E-state index is 12.6. The van der Waals surface area contributed by atoms with Crippen LogP contribution in [0.25, 0.3) is 0 Å². The average molecular weight is 564 g/mol. The highest BCUT2D eigenvalue weighted by molar-refractivity contribution is 14.0. The van der Waals surface area contributed by atoms with E-state index in [9.17, 15) is 18.4 Å². The van der Waals surface area contributed by atoms with E-state index in [4.69, 9.17) is 0 Å². The van der Waals surface area contributed by atoms with Gasteiger partial charge in [0, 0.05) is 44.5 Å². The molecule has 11 heteroatoms. The molecule has 0 spiro atoms. The number of aromatic nitrogens is 1. The number of nitriles is 1. The van der Waals surface area contributed by atoms with E-state index in [0.717, 1.165) is 48.3 Å². The second-order valence-corrected chi connectivity index (χ2v) is 7.87. The van der Waals surface area contributed by atoms with Gasteiger partial charge in [0.25, 0.3) is 0 Å². The molecular weight excluding hydrogens is 540 g/mol. The minimum Gasteiger partial charge on any atom is -0.368 e. The number of anilines is 1. The van der Waals surface area contributed by atoms with Gasteiger partial charge in [0.2, 0.25) is 0 Å². The number of guanidine groups is 1. The Bertz CT molecular complexity index is 924. The number of aliphatic imine (C=N–C) groups is 1. The van der Waals surface area contributed by atoms with E-state index in [1.807, 2.05) is 24.3 Å². The third kappa shape index (κ3) is 6.96. The predicted molar refractivity (Wildman–Crippen MR) is 127 cm³/mol. The van der Waals surface area contributed by atoms with Crippen molar-refractivity contribution in [2.75, 3.05) is 31.6 Å². The van der Waals surface area contributed by atoms with Crippen LogP contribution in [0.4, 0.5) is 18.9 Å². The van der Waals surface area contributed by atoms with Gasteiger partial charge in [-0.1, -0.05) is 12.1 Å². The Morgan fingerprint density at radius 1 is 1.39 bits per heavy atom. The Morgan fingerprint density at radius 2 is 2.16 bits per heavy atom. The molecule has 1 unspecified atom stereocenters. The Hall–Kier alpha value is -2.07. The lowest BCUT2D eigenvalue weighted by Crippen LogP contribution is -2.51. The van der Waals surface area contributed by atoms with Crippen molar-refractivity contribution in [3.8, 4) is 6.07 Å². The molecule has 2 heterocycles. The number of benzene rings is 1. The summed E-state index contributed by atoms with van der Waals surface area (Å²) in [5, 5.41) is 17.3. The van der Waals surface area contributed by atoms with E-state index in [1.165, 1.54) is 0 Å². The van der Waals surface area contributed by atoms with Gasteiger partial charge >= 0.3 is 6.18 Å². The number of thiazole rings is 1. The molecule has 0 saturated carbocycles. The van der Waals surface area contributed by atoms with Gasteiger partial charge in [0.15, 0.2) is 11.7 Å². The van der Waals surface area contributed by atoms with E-state index in [-0.39, 0.29) is 30.0 Å². The average Bonchev–Trinajstić information content (AvgIpc) is 3.23. The van der Waals surface area contributed by atoms with E-state index >= 15 is 0 Å². The number of halogens is 4. The number of para-hydroxylation sites is 1. The third-order valence-corrected chi connectivity index (χ3v) is 5.73. The van der Waals surface area contributed by atoms with Crippen molar-refractivity contribution in [1.29, 1.82) is 5.26 Å². The molecule has 31 heavy (non-hydrogen) atoms. The molecule has 1 fully saturated rings. The fraction of sp³-hybridized carbons (Fsp3) is 0.450. The number of hydrogen-bond acceptors (Lipinski definition) is 5. The Balaban J connectivity index is 0.00000341. The van der Waals surface area contributed by atoms with Crippen molar-refractivity contribution in [1.82, 2.24) is 15.6 Å². The van der Waals surface area contributed by atoms with Crippen LogP contribution in [0.2, 0.25) is 0 Å². The van der Waals surface area contributed by atoms with Crippen LogP contribution >= 0.6 is 35.3 Å². The SMILES string of the molecule is CN=C(NCCc1nc(C(F)(F)F)cs1)NC1CCCN(c2ccccc2C#N)C1.I. The third-order valence-electron chi connectivity index (χ3n) is 4.82. The Kier molecular flexibility index (Phi) is 9.36. The van der Waals surface area contributed by atoms with Crippen LogP contribution in [-0.2, 0) is 12.6 Å². The summed E-state index contributed by atoms with van der Waals surface area (Å²) in [6, 6.07) is 9.94. The Labute approximate surface area is 200 Å². The van der Waals surface area contributed by atoms with Crippen molar-refractivity contribution in [3.05, 3.63) is 45.9 Å². The molecule has 1 atom stereocenters. The summed E-state index contributed by atoms with van der Waals surface area (Å²) in [6.07, 6.45) is -2.08. The summed E-state index contributed by atoms with van der Waals surface area (Å²) in [5.74, 6) is 0.600. The molecule has 168 valence electrons. The topological polar surface area (TPSA) is 76.3 Å². The predicted octanol–water partition coefficient (Wildman–Crippen LogP) is 4.03. The fourth-order valence-electron chi connectivity index (χ4n) is 3.39. The number of alkyl halides is 3. The molecule has 0 radical (unpaired) electrons. The largest absolute Gasteiger partial charge is 0.434 e. The van der Waals surface area contributed by atoms with Crippen molar-refractivity contribution in [2.45, 2.75) is 31.5 Å². The molecule has 0 aliphatic carbocycles. The van der Waals surface area contributed by atoms with E-state index in [2.05, 4.69) is 31.6 Å². The van der Waals surface area contributed by atoms with Crippen LogP contribution in [-0.4, -0.2) is 43.7 Å². The number of piperidine rings is 1. The van der Waals surface area contributed by atoms with Gasteiger partial charge in [-0.05, 0) is 25.0 Å². The summed E-state index contributed by atoms with van der Waals surface area (Å²) in [4.78, 5) is 10.1. The minimum absolute atomic E-state index is 0. The molecule has 2 N–H and O–H groups in total. The fourth-order valence-corrected chi connectivity index (χ4v) is 4.19. The zero-order valence-electron chi connectivity index (χ0n) is 16.9. The van der Waals surface area contributed by atoms with Crippen LogP contribution in [0, 0.1) is 11.3 Å². The maximum atomic E-state index is 12.6. The smallest absolute Gasteiger partial charge is 0.368 e. The highest BCUT2D eigenvalue weighted by Gasteiger charge is 2.33. The monoisotopic (exact) mass is 564 g/mol. The van der Waals surface area contributed by atoms with Crippen molar-refractivity contribution < 1.29 is 13.2 Å². The van der Waals surface area contributed by atoms with Gasteiger partial charge in [-0.3, -0.25) is 4.99 Å². The lowest BCUT2D eigenvalue weighted by Gasteiger charge is -2.35. The maximum Gasteiger partial charge on any atom is 0.434 e. The molecule has 1 saturated heterocycles. The lowest BCUT2D eigenvalue weighted by molar-refractivity contribution is -0.140. The molecule has 6 nitrogen and oxygen atoms in total. The molecule has 3 rings (SSSR count). The van der Waals surface area contributed by atoms with Crippen molar-refractivity contribution in [3.63, 3.8) is 0 Å². The van der Waals surface area contributed by atoms with Crippen LogP contribution < -0.4 is 15.5 Å². The molecule has 0 amide bonds. The molecule has 1 aliphatic rings. The zero-order chi connectivity index (χ0) is 21.6. The molecule has 1 aliphatic heterocycles. The van der Waals surface area contributed by atoms with Crippen LogP contribution in [0.3, 0.4) is 0 Å². The number of nitrogens with one attached hydrogen (secondary N) is 2. The summed E-state index contributed by atoms with van der Waals surface area (Å²) >= 11 is 1.01. The summed E-state index contributed by atoms with van der Waals surface area (Å²) in [7, 11) is 1.66. The van der Waals surface area contributed by atoms with Crippen molar-refractivity contribution >= 4 is 47.0 Å². The summed E-state index contributed by atoms with van der Waals surface area (Å²) in [6.45, 7) is 2.05. The summed E-state index contributed by atoms with van der Waals surface area (Å²) in [5.41, 5.74) is 0.742. The van der Waals surface area contributed by atoms with Gasteiger partial charge in [0.05, 0.1) is 16.3 Å². The number of nitrogens with zero attached hydrogens (tertiary/aromatic N) is 4. The van der Waals surface area contributed by atoms with Gasteiger partial charge < -0.3 is 15.5 Å². The first-order valence-corrected chi connectivity index (χ1v) is 10.5. The van der Waals surface area contributed by atoms with Gasteiger partial charge in [-0.2, -0.15) is 18.4 Å². The first kappa shape index (κ1) is 25.2. The highest BCUT2D eigenvalue weighted by atomic mass is 127. The lowest BCUT2D eigenvalue weighted by atomic mass is 10.0. The normalized spacial score (nSPS) is 16.9. The van der Waals surface area contributed by atoms with Gasteiger partial charge in [-0.25, -0.2) is 4.98 Å². The standard InChI is InChI=1S/C20H23F3N6S.HI/c1-25-19(26-9-8-18-28-17(13-30-18)20(21,22)23)27-15-6-4-10-29(12-15)16-7-3-2-5-14(16)11-24;/h2-3,5,7,13,15H,4,6,8-10,12H2,1H3,(H2,25,26,27);1H. The van der Waals surface area contributed by atoms with E-state index < -0.39 is 11.9 Å². The van der Waals surface area contributed by atoms with E-state index in [0.29, 0.717) is 29.5 Å². The summed E-state index contributed by atoms with van der Waals surface area (Å²) < 4.78 is 37.9. The van der Waals surface area contributed by atoms with Crippen LogP contribution in [0.5, 0.6) is 0 Å². The molecule has 0 bridgehead atoms. The highest BCUT2D eigenvalue weighted by Crippen LogP contribution is 2.30. The zero-order valence-corrected chi connectivity index (χ0v) is 20.1. The molecule has 2 aromatic rings. The second kappa shape index (κ2) is 11.5.